The first-order valence-electron chi connectivity index (χ1n) is 7.38. The predicted molar refractivity (Wildman–Crippen MR) is 102 cm³/mol. The summed E-state index contributed by atoms with van der Waals surface area (Å²) in [5.74, 6) is -0.481. The van der Waals surface area contributed by atoms with Gasteiger partial charge in [-0.3, -0.25) is 9.59 Å². The molecule has 4 nitrogen and oxygen atoms in total. The number of thiophene rings is 1. The fraction of sp³-hybridized carbons (Fsp3) is 0.294. The number of thioether (sulfide) groups is 1. The molecule has 2 rings (SSSR count). The Balaban J connectivity index is 1.62. The third-order valence-electron chi connectivity index (χ3n) is 3.12. The van der Waals surface area contributed by atoms with E-state index >= 15 is 0 Å². The van der Waals surface area contributed by atoms with Crippen LogP contribution in [0, 0.1) is 6.92 Å². The molecule has 0 saturated heterocycles. The van der Waals surface area contributed by atoms with Gasteiger partial charge in [-0.2, -0.15) is 0 Å². The molecular formula is C17H18BrNO3S2. The third-order valence-corrected chi connectivity index (χ3v) is 5.70. The lowest BCUT2D eigenvalue weighted by Crippen LogP contribution is -2.30. The Labute approximate surface area is 158 Å². The Hall–Kier alpha value is -1.31. The maximum Gasteiger partial charge on any atom is 0.316 e. The van der Waals surface area contributed by atoms with Crippen LogP contribution in [0.1, 0.15) is 10.4 Å². The van der Waals surface area contributed by atoms with Crippen molar-refractivity contribution in [2.75, 3.05) is 18.9 Å². The highest BCUT2D eigenvalue weighted by atomic mass is 79.9. The summed E-state index contributed by atoms with van der Waals surface area (Å²) >= 11 is 6.47. The molecule has 0 aliphatic rings. The molecule has 7 heteroatoms. The molecule has 0 saturated carbocycles. The first-order chi connectivity index (χ1) is 11.5. The largest absolute Gasteiger partial charge is 0.455 e. The molecule has 0 aliphatic carbocycles. The van der Waals surface area contributed by atoms with Gasteiger partial charge in [0.15, 0.2) is 6.61 Å². The zero-order valence-electron chi connectivity index (χ0n) is 13.2. The van der Waals surface area contributed by atoms with Gasteiger partial charge in [0.1, 0.15) is 0 Å². The molecule has 2 aromatic rings. The summed E-state index contributed by atoms with van der Waals surface area (Å²) < 4.78 is 6.00. The molecule has 0 spiro atoms. The second kappa shape index (κ2) is 9.86. The number of carbonyl (C=O) groups is 2. The summed E-state index contributed by atoms with van der Waals surface area (Å²) in [7, 11) is 0. The number of ether oxygens (including phenoxy) is 1. The molecule has 1 aromatic carbocycles. The summed E-state index contributed by atoms with van der Waals surface area (Å²) in [5, 5.41) is 4.75. The first kappa shape index (κ1) is 19.0. The van der Waals surface area contributed by atoms with E-state index in [-0.39, 0.29) is 18.3 Å². The predicted octanol–water partition coefficient (Wildman–Crippen LogP) is 3.81. The molecule has 128 valence electrons. The van der Waals surface area contributed by atoms with Crippen LogP contribution in [0.2, 0.25) is 0 Å². The van der Waals surface area contributed by atoms with Crippen LogP contribution in [0.3, 0.4) is 0 Å². The van der Waals surface area contributed by atoms with Crippen molar-refractivity contribution in [1.82, 2.24) is 5.32 Å². The van der Waals surface area contributed by atoms with Crippen LogP contribution in [-0.2, 0) is 20.7 Å². The van der Waals surface area contributed by atoms with E-state index in [1.54, 1.807) is 11.3 Å². The smallest absolute Gasteiger partial charge is 0.316 e. The summed E-state index contributed by atoms with van der Waals surface area (Å²) in [6.07, 6.45) is 0.788. The average Bonchev–Trinajstić information content (AvgIpc) is 3.05. The normalized spacial score (nSPS) is 10.4. The van der Waals surface area contributed by atoms with Crippen molar-refractivity contribution >= 4 is 50.9 Å². The van der Waals surface area contributed by atoms with Crippen molar-refractivity contribution in [3.05, 3.63) is 50.6 Å². The Kier molecular flexibility index (Phi) is 7.81. The molecular weight excluding hydrogens is 410 g/mol. The molecule has 1 N–H and O–H groups in total. The second-order valence-corrected chi connectivity index (χ2v) is 8.00. The number of nitrogens with one attached hydrogen (secondary N) is 1. The van der Waals surface area contributed by atoms with Crippen LogP contribution in [0.15, 0.2) is 45.1 Å². The SMILES string of the molecule is Cc1cc(Br)ccc1SCC(=O)OCC(=O)NCCc1cccs1. The molecule has 1 amide bonds. The number of halogens is 1. The number of hydrogen-bond donors (Lipinski definition) is 1. The van der Waals surface area contributed by atoms with Gasteiger partial charge in [0.05, 0.1) is 5.75 Å². The minimum Gasteiger partial charge on any atom is -0.455 e. The third kappa shape index (κ3) is 6.67. The number of amides is 1. The van der Waals surface area contributed by atoms with Gasteiger partial charge in [0.2, 0.25) is 0 Å². The Bertz CT molecular complexity index is 689. The van der Waals surface area contributed by atoms with E-state index in [1.807, 2.05) is 42.6 Å². The van der Waals surface area contributed by atoms with Crippen molar-refractivity contribution < 1.29 is 14.3 Å². The van der Waals surface area contributed by atoms with Gasteiger partial charge >= 0.3 is 5.97 Å². The Morgan fingerprint density at radius 2 is 2.17 bits per heavy atom. The summed E-state index contributed by atoms with van der Waals surface area (Å²) in [5.41, 5.74) is 1.09. The van der Waals surface area contributed by atoms with Gasteiger partial charge < -0.3 is 10.1 Å². The van der Waals surface area contributed by atoms with E-state index in [0.717, 1.165) is 21.4 Å². The number of carbonyl (C=O) groups excluding carboxylic acids is 2. The van der Waals surface area contributed by atoms with Crippen molar-refractivity contribution in [2.24, 2.45) is 0 Å². The van der Waals surface area contributed by atoms with Crippen LogP contribution in [0.5, 0.6) is 0 Å². The molecule has 0 aliphatic heterocycles. The standard InChI is InChI=1S/C17H18BrNO3S2/c1-12-9-13(18)4-5-15(12)24-11-17(21)22-10-16(20)19-7-6-14-3-2-8-23-14/h2-5,8-9H,6-7,10-11H2,1H3,(H,19,20). The van der Waals surface area contributed by atoms with Gasteiger partial charge in [-0.15, -0.1) is 23.1 Å². The first-order valence-corrected chi connectivity index (χ1v) is 10.0. The molecule has 0 unspecified atom stereocenters. The van der Waals surface area contributed by atoms with Crippen molar-refractivity contribution in [1.29, 1.82) is 0 Å². The monoisotopic (exact) mass is 427 g/mol. The number of rotatable bonds is 8. The lowest BCUT2D eigenvalue weighted by molar-refractivity contribution is -0.145. The topological polar surface area (TPSA) is 55.4 Å². The van der Waals surface area contributed by atoms with Gasteiger partial charge in [0.25, 0.3) is 5.91 Å². The molecule has 0 fully saturated rings. The van der Waals surface area contributed by atoms with E-state index < -0.39 is 5.97 Å². The summed E-state index contributed by atoms with van der Waals surface area (Å²) in [6.45, 7) is 2.30. The van der Waals surface area contributed by atoms with Crippen molar-refractivity contribution in [2.45, 2.75) is 18.2 Å². The molecule has 1 aromatic heterocycles. The van der Waals surface area contributed by atoms with Crippen molar-refractivity contribution in [3.8, 4) is 0 Å². The van der Waals surface area contributed by atoms with Gasteiger partial charge in [0, 0.05) is 20.8 Å². The van der Waals surface area contributed by atoms with Crippen LogP contribution in [0.25, 0.3) is 0 Å². The number of aryl methyl sites for hydroxylation is 1. The van der Waals surface area contributed by atoms with Gasteiger partial charge in [-0.25, -0.2) is 0 Å². The highest BCUT2D eigenvalue weighted by Crippen LogP contribution is 2.25. The maximum atomic E-state index is 11.7. The Morgan fingerprint density at radius 3 is 2.88 bits per heavy atom. The zero-order valence-corrected chi connectivity index (χ0v) is 16.4. The molecule has 0 atom stereocenters. The molecule has 1 heterocycles. The minimum absolute atomic E-state index is 0.185. The van der Waals surface area contributed by atoms with E-state index in [4.69, 9.17) is 4.74 Å². The quantitative estimate of drug-likeness (QED) is 0.513. The molecule has 0 bridgehead atoms. The number of esters is 1. The zero-order chi connectivity index (χ0) is 17.4. The van der Waals surface area contributed by atoms with Gasteiger partial charge in [-0.1, -0.05) is 22.0 Å². The lowest BCUT2D eigenvalue weighted by Gasteiger charge is -2.07. The Morgan fingerprint density at radius 1 is 1.33 bits per heavy atom. The summed E-state index contributed by atoms with van der Waals surface area (Å²) in [6, 6.07) is 9.89. The van der Waals surface area contributed by atoms with E-state index in [2.05, 4.69) is 21.2 Å². The fourth-order valence-corrected chi connectivity index (χ4v) is 3.92. The number of benzene rings is 1. The minimum atomic E-state index is -0.393. The second-order valence-electron chi connectivity index (χ2n) is 5.04. The van der Waals surface area contributed by atoms with E-state index in [1.165, 1.54) is 16.6 Å². The van der Waals surface area contributed by atoms with E-state index in [0.29, 0.717) is 6.54 Å². The maximum absolute atomic E-state index is 11.7. The van der Waals surface area contributed by atoms with E-state index in [9.17, 15) is 9.59 Å². The van der Waals surface area contributed by atoms with Crippen LogP contribution < -0.4 is 5.32 Å². The van der Waals surface area contributed by atoms with Gasteiger partial charge in [-0.05, 0) is 48.6 Å². The molecule has 24 heavy (non-hydrogen) atoms. The highest BCUT2D eigenvalue weighted by molar-refractivity contribution is 9.10. The average molecular weight is 428 g/mol. The molecule has 0 radical (unpaired) electrons. The lowest BCUT2D eigenvalue weighted by atomic mass is 10.2. The van der Waals surface area contributed by atoms with Crippen LogP contribution >= 0.6 is 39.0 Å². The highest BCUT2D eigenvalue weighted by Gasteiger charge is 2.09. The number of hydrogen-bond acceptors (Lipinski definition) is 5. The van der Waals surface area contributed by atoms with Crippen molar-refractivity contribution in [3.63, 3.8) is 0 Å². The summed E-state index contributed by atoms with van der Waals surface area (Å²) in [4.78, 5) is 25.6. The van der Waals surface area contributed by atoms with Crippen LogP contribution in [0.4, 0.5) is 0 Å². The fourth-order valence-electron chi connectivity index (χ4n) is 1.93. The van der Waals surface area contributed by atoms with Crippen LogP contribution in [-0.4, -0.2) is 30.8 Å².